The fraction of sp³-hybridized carbons (Fsp3) is 0.906. The van der Waals surface area contributed by atoms with Crippen molar-refractivity contribution in [1.29, 1.82) is 0 Å². The number of esters is 1. The molecule has 0 unspecified atom stereocenters. The molecule has 408 valence electrons. The second-order valence-electron chi connectivity index (χ2n) is 23.9. The summed E-state index contributed by atoms with van der Waals surface area (Å²) < 4.78 is 91.6. The first kappa shape index (κ1) is 62.2. The Labute approximate surface area is 438 Å². The molecule has 0 radical (unpaired) electrons. The average molecular weight is 1140 g/mol. The summed E-state index contributed by atoms with van der Waals surface area (Å²) in [5, 5.41) is 0.0959. The van der Waals surface area contributed by atoms with Gasteiger partial charge in [-0.15, -0.1) is 0 Å². The average Bonchev–Trinajstić information content (AvgIpc) is 3.17. The molecule has 4 heterocycles. The van der Waals surface area contributed by atoms with E-state index in [0.29, 0.717) is 25.7 Å². The van der Waals surface area contributed by atoms with Crippen molar-refractivity contribution < 1.29 is 65.5 Å². The van der Waals surface area contributed by atoms with Gasteiger partial charge in [-0.3, -0.25) is 9.36 Å². The van der Waals surface area contributed by atoms with Crippen molar-refractivity contribution in [2.45, 2.75) is 271 Å². The van der Waals surface area contributed by atoms with Crippen LogP contribution in [0.3, 0.4) is 0 Å². The van der Waals surface area contributed by atoms with Crippen LogP contribution in [0.5, 0.6) is 0 Å². The van der Waals surface area contributed by atoms with Gasteiger partial charge in [0.2, 0.25) is 0 Å². The molecule has 0 aromatic heterocycles. The van der Waals surface area contributed by atoms with Crippen molar-refractivity contribution in [1.82, 2.24) is 0 Å². The normalized spacial score (nSPS) is 31.4. The molecule has 0 spiro atoms. The molecule has 17 heteroatoms. The van der Waals surface area contributed by atoms with Crippen molar-refractivity contribution >= 4 is 44.5 Å². The van der Waals surface area contributed by atoms with Gasteiger partial charge in [0.1, 0.15) is 12.3 Å². The van der Waals surface area contributed by atoms with Crippen LogP contribution in [0, 0.1) is 17.8 Å². The zero-order chi connectivity index (χ0) is 52.7. The number of carbonyl (C=O) groups is 1. The Bertz CT molecular complexity index is 1740. The van der Waals surface area contributed by atoms with Gasteiger partial charge >= 0.3 is 13.6 Å². The van der Waals surface area contributed by atoms with E-state index in [1.165, 1.54) is 0 Å². The molecule has 70 heavy (non-hydrogen) atoms. The van der Waals surface area contributed by atoms with E-state index >= 15 is 0 Å². The molecule has 4 saturated heterocycles. The van der Waals surface area contributed by atoms with Crippen LogP contribution in [-0.4, -0.2) is 118 Å². The van der Waals surface area contributed by atoms with Crippen LogP contribution >= 0.6 is 30.2 Å². The Morgan fingerprint density at radius 2 is 1.13 bits per heavy atom. The molecule has 4 aliphatic heterocycles. The molecule has 4 fully saturated rings. The lowest BCUT2D eigenvalue weighted by molar-refractivity contribution is -0.340. The minimum absolute atomic E-state index is 0.00207. The van der Waals surface area contributed by atoms with E-state index in [0.717, 1.165) is 25.7 Å². The Morgan fingerprint density at radius 1 is 0.700 bits per heavy atom. The first-order chi connectivity index (χ1) is 32.2. The quantitative estimate of drug-likeness (QED) is 0.0314. The number of hydrogen-bond acceptors (Lipinski definition) is 14. The van der Waals surface area contributed by atoms with Crippen molar-refractivity contribution in [2.24, 2.45) is 17.8 Å². The summed E-state index contributed by atoms with van der Waals surface area (Å²) in [5.74, 6) is -3.79. The van der Waals surface area contributed by atoms with Crippen molar-refractivity contribution in [3.05, 3.63) is 22.3 Å². The van der Waals surface area contributed by atoms with Gasteiger partial charge in [0.15, 0.2) is 31.5 Å². The van der Waals surface area contributed by atoms with Crippen LogP contribution in [0.4, 0.5) is 0 Å². The molecule has 0 amide bonds. The Hall–Kier alpha value is -0.313. The van der Waals surface area contributed by atoms with Crippen LogP contribution in [0.15, 0.2) is 22.3 Å². The first-order valence-electron chi connectivity index (χ1n) is 26.3. The van der Waals surface area contributed by atoms with E-state index < -0.39 is 57.3 Å². The number of hydrogen-bond donors (Lipinski definition) is 0. The van der Waals surface area contributed by atoms with Gasteiger partial charge in [0.25, 0.3) is 0 Å². The summed E-state index contributed by atoms with van der Waals surface area (Å²) in [7, 11) is -5.64. The highest BCUT2D eigenvalue weighted by atomic mass is 127. The third-order valence-electron chi connectivity index (χ3n) is 14.1. The predicted molar refractivity (Wildman–Crippen MR) is 285 cm³/mol. The third kappa shape index (κ3) is 19.7. The van der Waals surface area contributed by atoms with Crippen molar-refractivity contribution in [3.63, 3.8) is 0 Å². The maximum absolute atomic E-state index is 13.0. The Balaban J connectivity index is 1.40. The second-order valence-corrected chi connectivity index (χ2v) is 31.5. The van der Waals surface area contributed by atoms with Gasteiger partial charge in [-0.05, 0) is 104 Å². The molecule has 0 aliphatic carbocycles. The lowest BCUT2D eigenvalue weighted by Crippen LogP contribution is -2.53. The van der Waals surface area contributed by atoms with Gasteiger partial charge < -0.3 is 56.1 Å². The molecule has 12 atom stereocenters. The van der Waals surface area contributed by atoms with Gasteiger partial charge in [-0.25, -0.2) is 0 Å². The highest BCUT2D eigenvalue weighted by Gasteiger charge is 2.47. The molecule has 4 rings (SSSR count). The largest absolute Gasteiger partial charge is 0.461 e. The Kier molecular flexibility index (Phi) is 22.8. The number of rotatable bonds is 23. The summed E-state index contributed by atoms with van der Waals surface area (Å²) >= 11 is 2.30. The lowest BCUT2D eigenvalue weighted by atomic mass is 9.88. The van der Waals surface area contributed by atoms with Crippen LogP contribution in [0.1, 0.15) is 169 Å². The SMILES string of the molecule is CCOP(=O)(CC(=O)O[C@@H](C(C)C)[C@@H](C)/C=C/[C@H]1C[C@@H](C[C@H]2C[C@@H](C[C@@H]3C[C@H](C[C@@H]4C[C@H]([C@@H](C)[C@H](C/C=C/I)O[Si](C)(C)C(C)(C)C)OC(C)(C)O4)OC(C)(C)O3)OC(C)(C)O2)OC(C)(C)O1)OCC. The van der Waals surface area contributed by atoms with E-state index in [9.17, 15) is 9.36 Å². The smallest absolute Gasteiger partial charge is 0.341 e. The highest BCUT2D eigenvalue weighted by molar-refractivity contribution is 14.1. The summed E-state index contributed by atoms with van der Waals surface area (Å²) in [5.41, 5.74) is 0. The monoisotopic (exact) mass is 1140 g/mol. The lowest BCUT2D eigenvalue weighted by Gasteiger charge is -2.48. The summed E-state index contributed by atoms with van der Waals surface area (Å²) in [6.07, 6.45) is 10.3. The fourth-order valence-electron chi connectivity index (χ4n) is 10.4. The minimum atomic E-state index is -3.59. The van der Waals surface area contributed by atoms with E-state index in [4.69, 9.17) is 56.1 Å². The number of halogens is 1. The molecule has 0 N–H and O–H groups in total. The maximum Gasteiger partial charge on any atom is 0.341 e. The van der Waals surface area contributed by atoms with Gasteiger partial charge in [0, 0.05) is 56.8 Å². The van der Waals surface area contributed by atoms with Crippen LogP contribution in [-0.2, 0) is 65.5 Å². The van der Waals surface area contributed by atoms with Gasteiger partial charge in [-0.2, -0.15) is 0 Å². The molecular weight excluding hydrogens is 1050 g/mol. The zero-order valence-corrected chi connectivity index (χ0v) is 50.7. The van der Waals surface area contributed by atoms with Crippen LogP contribution in [0.25, 0.3) is 0 Å². The first-order valence-corrected chi connectivity index (χ1v) is 32.2. The molecule has 0 bridgehead atoms. The third-order valence-corrected chi connectivity index (χ3v) is 21.1. The molecule has 0 aromatic carbocycles. The van der Waals surface area contributed by atoms with Crippen molar-refractivity contribution in [2.75, 3.05) is 19.4 Å². The van der Waals surface area contributed by atoms with E-state index in [2.05, 4.69) is 73.5 Å². The Morgan fingerprint density at radius 3 is 1.56 bits per heavy atom. The number of ether oxygens (including phenoxy) is 9. The maximum atomic E-state index is 13.0. The fourth-order valence-corrected chi connectivity index (χ4v) is 13.6. The zero-order valence-electron chi connectivity index (χ0n) is 46.6. The highest BCUT2D eigenvalue weighted by Crippen LogP contribution is 2.48. The molecule has 14 nitrogen and oxygen atoms in total. The van der Waals surface area contributed by atoms with Crippen LogP contribution in [0.2, 0.25) is 18.1 Å². The molecule has 0 aromatic rings. The predicted octanol–water partition coefficient (Wildman–Crippen LogP) is 13.2. The van der Waals surface area contributed by atoms with Crippen LogP contribution < -0.4 is 0 Å². The summed E-state index contributed by atoms with van der Waals surface area (Å²) in [4.78, 5) is 13.0. The number of carbonyl (C=O) groups excluding carboxylic acids is 1. The van der Waals surface area contributed by atoms with Gasteiger partial charge in [-0.1, -0.05) is 89.3 Å². The standard InChI is InChI=1S/C53H96IO14PSi/c1-20-57-69(56,58-21-2)34-47(55)59-48(35(3)4)36(5)24-25-38-27-39(61-50(10,11)60-38)28-40-29-41(63-51(12,13)62-40)30-42-31-43(65-52(14,15)64-42)32-44-33-46(67-53(16,17)66-44)37(6)45(23-22-26-54)68-70(18,19)49(7,8)9/h22,24-26,35-46,48H,20-21,23,27-34H2,1-19H3/b25-24+,26-22+/t36-,37-,38-,39-,40-,41-,42+,43+,44+,45-,46+,48-/m0/s1. The molecule has 4 aliphatic rings. The second kappa shape index (κ2) is 25.7. The van der Waals surface area contributed by atoms with E-state index in [1.54, 1.807) is 13.8 Å². The van der Waals surface area contributed by atoms with Crippen molar-refractivity contribution in [3.8, 4) is 0 Å². The summed E-state index contributed by atoms with van der Waals surface area (Å²) in [6.45, 7) is 39.5. The van der Waals surface area contributed by atoms with Gasteiger partial charge in [0.05, 0.1) is 68.1 Å². The molecule has 0 saturated carbocycles. The molecular formula is C53H96IO14PSi. The van der Waals surface area contributed by atoms with E-state index in [-0.39, 0.29) is 90.9 Å². The summed E-state index contributed by atoms with van der Waals surface area (Å²) in [6, 6.07) is 0. The van der Waals surface area contributed by atoms with E-state index in [1.807, 2.05) is 88.3 Å². The topological polar surface area (TPSA) is 145 Å². The minimum Gasteiger partial charge on any atom is -0.461 e.